The summed E-state index contributed by atoms with van der Waals surface area (Å²) in [5.41, 5.74) is 2.40. The van der Waals surface area contributed by atoms with E-state index in [1.54, 1.807) is 0 Å². The molecule has 2 aromatic rings. The minimum atomic E-state index is -0.140. The number of nitrogens with zero attached hydrogens (tertiary/aromatic N) is 2. The SMILES string of the molecule is CC(C)Cn1nc(-c2ccccc2)c(O)c1C(C)(C)C. The van der Waals surface area contributed by atoms with Crippen LogP contribution >= 0.6 is 0 Å². The second kappa shape index (κ2) is 5.31. The maximum Gasteiger partial charge on any atom is 0.165 e. The van der Waals surface area contributed by atoms with Crippen LogP contribution in [0.1, 0.15) is 40.3 Å². The number of rotatable bonds is 3. The summed E-state index contributed by atoms with van der Waals surface area (Å²) >= 11 is 0. The highest BCUT2D eigenvalue weighted by molar-refractivity contribution is 5.67. The third-order valence-electron chi connectivity index (χ3n) is 3.22. The van der Waals surface area contributed by atoms with E-state index in [1.807, 2.05) is 35.0 Å². The molecule has 0 saturated carbocycles. The Morgan fingerprint density at radius 3 is 2.25 bits per heavy atom. The van der Waals surface area contributed by atoms with Crippen molar-refractivity contribution in [2.24, 2.45) is 5.92 Å². The molecule has 0 radical (unpaired) electrons. The van der Waals surface area contributed by atoms with Crippen molar-refractivity contribution in [3.05, 3.63) is 36.0 Å². The molecule has 2 rings (SSSR count). The molecule has 0 atom stereocenters. The van der Waals surface area contributed by atoms with Crippen molar-refractivity contribution in [3.8, 4) is 17.0 Å². The summed E-state index contributed by atoms with van der Waals surface area (Å²) in [6.45, 7) is 11.5. The van der Waals surface area contributed by atoms with E-state index in [9.17, 15) is 5.11 Å². The van der Waals surface area contributed by atoms with Gasteiger partial charge in [-0.15, -0.1) is 0 Å². The predicted octanol–water partition coefficient (Wildman–Crippen LogP) is 4.21. The van der Waals surface area contributed by atoms with Crippen LogP contribution in [-0.2, 0) is 12.0 Å². The Kier molecular flexibility index (Phi) is 3.89. The Balaban J connectivity index is 2.59. The number of aromatic hydroxyl groups is 1. The maximum absolute atomic E-state index is 10.6. The Morgan fingerprint density at radius 1 is 1.15 bits per heavy atom. The summed E-state index contributed by atoms with van der Waals surface area (Å²) in [7, 11) is 0. The van der Waals surface area contributed by atoms with Gasteiger partial charge in [-0.3, -0.25) is 4.68 Å². The minimum Gasteiger partial charge on any atom is -0.504 e. The van der Waals surface area contributed by atoms with E-state index in [0.717, 1.165) is 17.8 Å². The Hall–Kier alpha value is -1.77. The normalized spacial score (nSPS) is 12.1. The molecule has 1 N–H and O–H groups in total. The highest BCUT2D eigenvalue weighted by Crippen LogP contribution is 2.38. The largest absolute Gasteiger partial charge is 0.504 e. The fourth-order valence-electron chi connectivity index (χ4n) is 2.46. The van der Waals surface area contributed by atoms with Crippen molar-refractivity contribution in [2.45, 2.75) is 46.6 Å². The summed E-state index contributed by atoms with van der Waals surface area (Å²) in [4.78, 5) is 0. The van der Waals surface area contributed by atoms with Gasteiger partial charge in [0.1, 0.15) is 5.69 Å². The van der Waals surface area contributed by atoms with Gasteiger partial charge in [0.2, 0.25) is 0 Å². The molecule has 108 valence electrons. The van der Waals surface area contributed by atoms with Crippen LogP contribution < -0.4 is 0 Å². The molecule has 0 spiro atoms. The van der Waals surface area contributed by atoms with Crippen molar-refractivity contribution >= 4 is 0 Å². The van der Waals surface area contributed by atoms with Crippen LogP contribution in [0.3, 0.4) is 0 Å². The van der Waals surface area contributed by atoms with Gasteiger partial charge in [0.15, 0.2) is 5.75 Å². The van der Waals surface area contributed by atoms with Gasteiger partial charge >= 0.3 is 0 Å². The van der Waals surface area contributed by atoms with E-state index in [-0.39, 0.29) is 5.41 Å². The first-order chi connectivity index (χ1) is 9.30. The van der Waals surface area contributed by atoms with E-state index >= 15 is 0 Å². The molecule has 1 aromatic carbocycles. The van der Waals surface area contributed by atoms with Crippen molar-refractivity contribution in [1.29, 1.82) is 0 Å². The van der Waals surface area contributed by atoms with Crippen LogP contribution in [0.4, 0.5) is 0 Å². The summed E-state index contributed by atoms with van der Waals surface area (Å²) in [5, 5.41) is 15.3. The highest BCUT2D eigenvalue weighted by Gasteiger charge is 2.28. The molecule has 0 bridgehead atoms. The molecule has 20 heavy (non-hydrogen) atoms. The van der Waals surface area contributed by atoms with Gasteiger partial charge in [0.25, 0.3) is 0 Å². The first-order valence-corrected chi connectivity index (χ1v) is 7.16. The molecule has 0 saturated heterocycles. The van der Waals surface area contributed by atoms with Gasteiger partial charge in [-0.1, -0.05) is 65.0 Å². The lowest BCUT2D eigenvalue weighted by Crippen LogP contribution is -2.20. The fraction of sp³-hybridized carbons (Fsp3) is 0.471. The van der Waals surface area contributed by atoms with Crippen molar-refractivity contribution in [1.82, 2.24) is 9.78 Å². The van der Waals surface area contributed by atoms with Crippen LogP contribution in [0.25, 0.3) is 11.3 Å². The fourth-order valence-corrected chi connectivity index (χ4v) is 2.46. The minimum absolute atomic E-state index is 0.140. The van der Waals surface area contributed by atoms with Crippen LogP contribution in [0, 0.1) is 5.92 Å². The average Bonchev–Trinajstić information content (AvgIpc) is 2.66. The van der Waals surface area contributed by atoms with E-state index < -0.39 is 0 Å². The second-order valence-corrected chi connectivity index (χ2v) is 6.74. The molecule has 3 nitrogen and oxygen atoms in total. The van der Waals surface area contributed by atoms with E-state index in [4.69, 9.17) is 0 Å². The lowest BCUT2D eigenvalue weighted by Gasteiger charge is -2.21. The average molecular weight is 272 g/mol. The second-order valence-electron chi connectivity index (χ2n) is 6.74. The van der Waals surface area contributed by atoms with Crippen molar-refractivity contribution in [2.75, 3.05) is 0 Å². The first kappa shape index (κ1) is 14.6. The standard InChI is InChI=1S/C17H24N2O/c1-12(2)11-19-16(17(3,4)5)15(20)14(18-19)13-9-7-6-8-10-13/h6-10,12,20H,11H2,1-5H3. The molecule has 3 heteroatoms. The third-order valence-corrected chi connectivity index (χ3v) is 3.22. The molecule has 0 amide bonds. The van der Waals surface area contributed by atoms with E-state index in [1.165, 1.54) is 0 Å². The number of aromatic nitrogens is 2. The summed E-state index contributed by atoms with van der Waals surface area (Å²) in [6, 6.07) is 9.86. The molecular weight excluding hydrogens is 248 g/mol. The Labute approximate surface area is 121 Å². The van der Waals surface area contributed by atoms with E-state index in [2.05, 4.69) is 39.7 Å². The molecule has 1 aromatic heterocycles. The lowest BCUT2D eigenvalue weighted by atomic mass is 9.90. The quantitative estimate of drug-likeness (QED) is 0.909. The van der Waals surface area contributed by atoms with Crippen LogP contribution in [-0.4, -0.2) is 14.9 Å². The van der Waals surface area contributed by atoms with Gasteiger partial charge in [-0.05, 0) is 5.92 Å². The van der Waals surface area contributed by atoms with Crippen molar-refractivity contribution in [3.63, 3.8) is 0 Å². The zero-order valence-electron chi connectivity index (χ0n) is 13.0. The Morgan fingerprint density at radius 2 is 1.75 bits per heavy atom. The summed E-state index contributed by atoms with van der Waals surface area (Å²) in [5.74, 6) is 0.795. The zero-order chi connectivity index (χ0) is 14.9. The lowest BCUT2D eigenvalue weighted by molar-refractivity contribution is 0.401. The van der Waals surface area contributed by atoms with Gasteiger partial charge in [0, 0.05) is 17.5 Å². The maximum atomic E-state index is 10.6. The molecule has 0 fully saturated rings. The topological polar surface area (TPSA) is 38.0 Å². The van der Waals surface area contributed by atoms with E-state index in [0.29, 0.717) is 17.4 Å². The van der Waals surface area contributed by atoms with Gasteiger partial charge in [0.05, 0.1) is 5.69 Å². The van der Waals surface area contributed by atoms with Gasteiger partial charge in [-0.25, -0.2) is 0 Å². The summed E-state index contributed by atoms with van der Waals surface area (Å²) < 4.78 is 1.96. The van der Waals surface area contributed by atoms with Crippen molar-refractivity contribution < 1.29 is 5.11 Å². The monoisotopic (exact) mass is 272 g/mol. The molecule has 0 aliphatic rings. The molecule has 0 aliphatic carbocycles. The highest BCUT2D eigenvalue weighted by atomic mass is 16.3. The number of benzene rings is 1. The number of hydrogen-bond donors (Lipinski definition) is 1. The predicted molar refractivity (Wildman–Crippen MR) is 82.9 cm³/mol. The zero-order valence-corrected chi connectivity index (χ0v) is 13.0. The van der Waals surface area contributed by atoms with Crippen LogP contribution in [0.15, 0.2) is 30.3 Å². The molecular formula is C17H24N2O. The van der Waals surface area contributed by atoms with Gasteiger partial charge in [-0.2, -0.15) is 5.10 Å². The van der Waals surface area contributed by atoms with Crippen LogP contribution in [0.2, 0.25) is 0 Å². The molecule has 0 aliphatic heterocycles. The smallest absolute Gasteiger partial charge is 0.165 e. The Bertz CT molecular complexity index is 577. The number of hydrogen-bond acceptors (Lipinski definition) is 2. The molecule has 0 unspecified atom stereocenters. The van der Waals surface area contributed by atoms with Gasteiger partial charge < -0.3 is 5.11 Å². The first-order valence-electron chi connectivity index (χ1n) is 7.16. The third kappa shape index (κ3) is 2.87. The molecule has 1 heterocycles. The summed E-state index contributed by atoms with van der Waals surface area (Å²) in [6.07, 6.45) is 0. The van der Waals surface area contributed by atoms with Crippen LogP contribution in [0.5, 0.6) is 5.75 Å².